The van der Waals surface area contributed by atoms with Gasteiger partial charge in [-0.05, 0) is 24.6 Å². The molecule has 34 heavy (non-hydrogen) atoms. The highest BCUT2D eigenvalue weighted by molar-refractivity contribution is 9.10. The lowest BCUT2D eigenvalue weighted by Crippen LogP contribution is -2.41. The van der Waals surface area contributed by atoms with Crippen LogP contribution in [0.5, 0.6) is 0 Å². The molecule has 4 rings (SSSR count). The van der Waals surface area contributed by atoms with E-state index in [1.165, 1.54) is 29.5 Å². The predicted octanol–water partition coefficient (Wildman–Crippen LogP) is 3.58. The normalized spacial score (nSPS) is 20.5. The van der Waals surface area contributed by atoms with Crippen molar-refractivity contribution < 1.29 is 31.1 Å². The van der Waals surface area contributed by atoms with Crippen LogP contribution in [0.1, 0.15) is 30.0 Å². The summed E-state index contributed by atoms with van der Waals surface area (Å²) < 4.78 is 71.0. The van der Waals surface area contributed by atoms with E-state index in [0.717, 1.165) is 0 Å². The number of thiazole rings is 1. The van der Waals surface area contributed by atoms with Gasteiger partial charge in [0.2, 0.25) is 0 Å². The molecular weight excluding hydrogens is 561 g/mol. The molecule has 1 aromatic carbocycles. The Hall–Kier alpha value is -2.29. The summed E-state index contributed by atoms with van der Waals surface area (Å²) in [6, 6.07) is 2.08. The summed E-state index contributed by atoms with van der Waals surface area (Å²) in [7, 11) is -4.87. The number of rotatable bonds is 7. The second-order valence-electron chi connectivity index (χ2n) is 7.37. The van der Waals surface area contributed by atoms with E-state index in [0.29, 0.717) is 26.6 Å². The van der Waals surface area contributed by atoms with Crippen LogP contribution in [-0.2, 0) is 19.6 Å². The van der Waals surface area contributed by atoms with Gasteiger partial charge in [-0.1, -0.05) is 22.0 Å². The third kappa shape index (κ3) is 4.76. The molecule has 3 heterocycles. The van der Waals surface area contributed by atoms with Gasteiger partial charge in [0, 0.05) is 40.8 Å². The van der Waals surface area contributed by atoms with Gasteiger partial charge in [0.05, 0.1) is 12.2 Å². The van der Waals surface area contributed by atoms with E-state index in [-0.39, 0.29) is 25.1 Å². The summed E-state index contributed by atoms with van der Waals surface area (Å²) in [5, 5.41) is 2.21. The molecule has 2 aliphatic rings. The van der Waals surface area contributed by atoms with Crippen LogP contribution >= 0.6 is 27.3 Å². The van der Waals surface area contributed by atoms with Crippen molar-refractivity contribution in [1.82, 2.24) is 14.6 Å². The molecule has 8 nitrogen and oxygen atoms in total. The van der Waals surface area contributed by atoms with E-state index < -0.39 is 39.7 Å². The molecule has 2 aromatic rings. The van der Waals surface area contributed by atoms with Crippen LogP contribution in [0.15, 0.2) is 50.5 Å². The topological polar surface area (TPSA) is 101 Å². The number of ether oxygens (including phenoxy) is 1. The number of esters is 1. The fourth-order valence-corrected chi connectivity index (χ4v) is 5.81. The van der Waals surface area contributed by atoms with Crippen molar-refractivity contribution in [3.05, 3.63) is 61.9 Å². The van der Waals surface area contributed by atoms with E-state index in [1.54, 1.807) is 23.4 Å². The van der Waals surface area contributed by atoms with E-state index in [2.05, 4.69) is 20.9 Å². The van der Waals surface area contributed by atoms with Gasteiger partial charge in [0.15, 0.2) is 10.8 Å². The average Bonchev–Trinajstić information content (AvgIpc) is 3.42. The molecule has 0 radical (unpaired) electrons. The molecule has 14 heteroatoms. The maximum absolute atomic E-state index is 13.8. The third-order valence-electron chi connectivity index (χ3n) is 5.20. The standard InChI is InChI=1S/C20H18BrF3N4O4S2/c1-2-32-19(29)15-14-8-11(27-34(30,31)20(23)24)9-28(14)17(18-25-5-6-33-18)26-16(15)12-4-3-10(22)7-13(12)21/h3-7,11,16,20,27H,2,8-9H2,1H3/t11-,16-/m0/s1. The smallest absolute Gasteiger partial charge is 0.350 e. The first kappa shape index (κ1) is 24.8. The Kier molecular flexibility index (Phi) is 7.12. The lowest BCUT2D eigenvalue weighted by Gasteiger charge is -2.31. The molecule has 0 spiro atoms. The van der Waals surface area contributed by atoms with E-state index in [1.807, 2.05) is 4.72 Å². The summed E-state index contributed by atoms with van der Waals surface area (Å²) in [4.78, 5) is 23.7. The van der Waals surface area contributed by atoms with Gasteiger partial charge in [0.25, 0.3) is 10.0 Å². The minimum absolute atomic E-state index is 0.0418. The first-order chi connectivity index (χ1) is 16.1. The number of nitrogens with one attached hydrogen (secondary N) is 1. The van der Waals surface area contributed by atoms with Crippen molar-refractivity contribution in [3.8, 4) is 0 Å². The van der Waals surface area contributed by atoms with Gasteiger partial charge in [0.1, 0.15) is 11.9 Å². The van der Waals surface area contributed by atoms with Gasteiger partial charge in [-0.25, -0.2) is 27.3 Å². The minimum Gasteiger partial charge on any atom is -0.463 e. The Morgan fingerprint density at radius 1 is 1.41 bits per heavy atom. The molecule has 0 bridgehead atoms. The Labute approximate surface area is 205 Å². The zero-order valence-electron chi connectivity index (χ0n) is 17.5. The molecule has 0 amide bonds. The maximum Gasteiger partial charge on any atom is 0.350 e. The molecule has 2 atom stereocenters. The number of aromatic nitrogens is 1. The van der Waals surface area contributed by atoms with Crippen molar-refractivity contribution in [2.75, 3.05) is 13.2 Å². The molecule has 0 saturated carbocycles. The largest absolute Gasteiger partial charge is 0.463 e. The van der Waals surface area contributed by atoms with Crippen LogP contribution in [-0.4, -0.2) is 55.1 Å². The molecule has 1 fully saturated rings. The number of alkyl halides is 2. The molecule has 1 N–H and O–H groups in total. The van der Waals surface area contributed by atoms with Crippen LogP contribution in [0.3, 0.4) is 0 Å². The SMILES string of the molecule is CCOC(=O)C1=C2C[C@H](NS(=O)(=O)C(F)F)CN2C(c2nccs2)=N[C@H]1c1ccc(F)cc1Br. The van der Waals surface area contributed by atoms with E-state index in [9.17, 15) is 26.4 Å². The lowest BCUT2D eigenvalue weighted by atomic mass is 9.94. The molecular formula is C20H18BrF3N4O4S2. The molecule has 1 saturated heterocycles. The quantitative estimate of drug-likeness (QED) is 0.504. The van der Waals surface area contributed by atoms with Crippen molar-refractivity contribution in [1.29, 1.82) is 0 Å². The molecule has 2 aliphatic heterocycles. The Morgan fingerprint density at radius 2 is 2.18 bits per heavy atom. The predicted molar refractivity (Wildman–Crippen MR) is 122 cm³/mol. The number of benzene rings is 1. The first-order valence-electron chi connectivity index (χ1n) is 10.0. The fourth-order valence-electron chi connectivity index (χ4n) is 3.88. The van der Waals surface area contributed by atoms with Gasteiger partial charge in [-0.2, -0.15) is 8.78 Å². The fraction of sp³-hybridized carbons (Fsp3) is 0.350. The summed E-state index contributed by atoms with van der Waals surface area (Å²) in [5.41, 5.74) is 0.970. The highest BCUT2D eigenvalue weighted by atomic mass is 79.9. The summed E-state index contributed by atoms with van der Waals surface area (Å²) >= 11 is 4.59. The van der Waals surface area contributed by atoms with Crippen LogP contribution < -0.4 is 4.72 Å². The number of halogens is 4. The average molecular weight is 579 g/mol. The molecule has 1 aromatic heterocycles. The number of nitrogens with zero attached hydrogens (tertiary/aromatic N) is 3. The van der Waals surface area contributed by atoms with Crippen LogP contribution in [0, 0.1) is 5.82 Å². The summed E-state index contributed by atoms with van der Waals surface area (Å²) in [5.74, 6) is -4.44. The Bertz CT molecular complexity index is 1270. The van der Waals surface area contributed by atoms with Gasteiger partial charge in [-0.3, -0.25) is 4.99 Å². The van der Waals surface area contributed by atoms with Crippen molar-refractivity contribution in [2.24, 2.45) is 4.99 Å². The number of carbonyl (C=O) groups excluding carboxylic acids is 1. The molecule has 182 valence electrons. The van der Waals surface area contributed by atoms with Gasteiger partial charge >= 0.3 is 11.7 Å². The summed E-state index contributed by atoms with van der Waals surface area (Å²) in [6.45, 7) is 1.66. The third-order valence-corrected chi connectivity index (χ3v) is 7.79. The number of fused-ring (bicyclic) bond motifs is 1. The van der Waals surface area contributed by atoms with E-state index >= 15 is 0 Å². The Morgan fingerprint density at radius 3 is 2.79 bits per heavy atom. The number of sulfonamides is 1. The highest BCUT2D eigenvalue weighted by Crippen LogP contribution is 2.42. The van der Waals surface area contributed by atoms with Gasteiger partial charge in [-0.15, -0.1) is 11.3 Å². The van der Waals surface area contributed by atoms with E-state index in [4.69, 9.17) is 9.73 Å². The summed E-state index contributed by atoms with van der Waals surface area (Å²) in [6.07, 6.45) is 1.50. The maximum atomic E-state index is 13.8. The lowest BCUT2D eigenvalue weighted by molar-refractivity contribution is -0.139. The van der Waals surface area contributed by atoms with Crippen LogP contribution in [0.25, 0.3) is 0 Å². The monoisotopic (exact) mass is 578 g/mol. The molecule has 0 unspecified atom stereocenters. The number of carbonyl (C=O) groups is 1. The number of amidine groups is 1. The number of aliphatic imine (C=N–C) groups is 1. The zero-order chi connectivity index (χ0) is 24.6. The van der Waals surface area contributed by atoms with Crippen molar-refractivity contribution in [3.63, 3.8) is 0 Å². The second kappa shape index (κ2) is 9.76. The first-order valence-corrected chi connectivity index (χ1v) is 13.2. The number of hydrogen-bond donors (Lipinski definition) is 1. The second-order valence-corrected chi connectivity index (χ2v) is 10.8. The molecule has 0 aliphatic carbocycles. The van der Waals surface area contributed by atoms with Crippen molar-refractivity contribution >= 4 is 49.1 Å². The van der Waals surface area contributed by atoms with Crippen LogP contribution in [0.4, 0.5) is 13.2 Å². The van der Waals surface area contributed by atoms with Crippen molar-refractivity contribution in [2.45, 2.75) is 31.2 Å². The van der Waals surface area contributed by atoms with Gasteiger partial charge < -0.3 is 9.64 Å². The highest BCUT2D eigenvalue weighted by Gasteiger charge is 2.44. The minimum atomic E-state index is -4.87. The Balaban J connectivity index is 1.87. The zero-order valence-corrected chi connectivity index (χ0v) is 20.8. The van der Waals surface area contributed by atoms with Crippen LogP contribution in [0.2, 0.25) is 0 Å². The number of hydrogen-bond acceptors (Lipinski definition) is 8.